The van der Waals surface area contributed by atoms with Crippen molar-refractivity contribution >= 4 is 51.4 Å². The molecule has 0 saturated carbocycles. The monoisotopic (exact) mass is 560 g/mol. The fraction of sp³-hybridized carbons (Fsp3) is 0.565. The van der Waals surface area contributed by atoms with Crippen LogP contribution < -0.4 is 16.4 Å². The standard InChI is InChI=1S/C23H34BrN3O6S/c1-14(2)32-21(29)11-26-22(30)19(13-34-12-16-5-7-17(24)8-6-16)27-20(28)10-9-18(25)23(31)33-15(3)4/h5-8,14-15,18-19H,9-13,25H2,1-4H3,(H,26,30)(H,27,28)/p+1. The molecular weight excluding hydrogens is 526 g/mol. The second-order valence-corrected chi connectivity index (χ2v) is 10.2. The molecule has 0 aliphatic rings. The highest BCUT2D eigenvalue weighted by Crippen LogP contribution is 2.17. The number of benzene rings is 1. The van der Waals surface area contributed by atoms with Gasteiger partial charge in [0.1, 0.15) is 12.6 Å². The Morgan fingerprint density at radius 1 is 1.03 bits per heavy atom. The Bertz CT molecular complexity index is 819. The summed E-state index contributed by atoms with van der Waals surface area (Å²) in [5, 5.41) is 5.22. The minimum Gasteiger partial charge on any atom is -0.462 e. The molecule has 2 amide bonds. The minimum absolute atomic E-state index is 0.0118. The molecule has 0 radical (unpaired) electrons. The largest absolute Gasteiger partial charge is 0.462 e. The number of rotatable bonds is 14. The Morgan fingerprint density at radius 2 is 1.65 bits per heavy atom. The van der Waals surface area contributed by atoms with E-state index in [9.17, 15) is 19.2 Å². The van der Waals surface area contributed by atoms with Gasteiger partial charge in [-0.05, 0) is 45.4 Å². The highest BCUT2D eigenvalue weighted by molar-refractivity contribution is 9.10. The van der Waals surface area contributed by atoms with Gasteiger partial charge in [-0.2, -0.15) is 11.8 Å². The van der Waals surface area contributed by atoms with Crippen molar-refractivity contribution in [2.75, 3.05) is 12.3 Å². The van der Waals surface area contributed by atoms with Crippen LogP contribution in [0.5, 0.6) is 0 Å². The van der Waals surface area contributed by atoms with Gasteiger partial charge in [-0.15, -0.1) is 0 Å². The summed E-state index contributed by atoms with van der Waals surface area (Å²) in [4.78, 5) is 48.8. The molecule has 0 heterocycles. The van der Waals surface area contributed by atoms with Crippen LogP contribution in [0.15, 0.2) is 28.7 Å². The fourth-order valence-electron chi connectivity index (χ4n) is 2.66. The van der Waals surface area contributed by atoms with Crippen LogP contribution in [0.25, 0.3) is 0 Å². The van der Waals surface area contributed by atoms with Gasteiger partial charge in [-0.3, -0.25) is 14.4 Å². The van der Waals surface area contributed by atoms with Crippen molar-refractivity contribution in [1.82, 2.24) is 10.6 Å². The number of ether oxygens (including phenoxy) is 2. The molecule has 1 rings (SSSR count). The van der Waals surface area contributed by atoms with Crippen LogP contribution in [-0.4, -0.2) is 60.3 Å². The van der Waals surface area contributed by atoms with Gasteiger partial charge in [0.2, 0.25) is 11.8 Å². The van der Waals surface area contributed by atoms with Crippen LogP contribution in [0.1, 0.15) is 46.1 Å². The first-order chi connectivity index (χ1) is 16.0. The predicted molar refractivity (Wildman–Crippen MR) is 134 cm³/mol. The number of quaternary nitrogens is 1. The van der Waals surface area contributed by atoms with E-state index in [0.717, 1.165) is 10.0 Å². The van der Waals surface area contributed by atoms with E-state index in [0.29, 0.717) is 11.5 Å². The number of carbonyl (C=O) groups excluding carboxylic acids is 4. The van der Waals surface area contributed by atoms with Gasteiger partial charge in [-0.1, -0.05) is 28.1 Å². The zero-order valence-electron chi connectivity index (χ0n) is 20.1. The van der Waals surface area contributed by atoms with Crippen LogP contribution >= 0.6 is 27.7 Å². The highest BCUT2D eigenvalue weighted by atomic mass is 79.9. The maximum atomic E-state index is 12.7. The summed E-state index contributed by atoms with van der Waals surface area (Å²) in [6.45, 7) is 6.62. The Hall–Kier alpha value is -2.11. The first-order valence-electron chi connectivity index (χ1n) is 11.1. The van der Waals surface area contributed by atoms with E-state index in [1.807, 2.05) is 24.3 Å². The van der Waals surface area contributed by atoms with E-state index < -0.39 is 29.9 Å². The lowest BCUT2D eigenvalue weighted by atomic mass is 10.1. The van der Waals surface area contributed by atoms with Gasteiger partial charge in [0.15, 0.2) is 6.04 Å². The summed E-state index contributed by atoms with van der Waals surface area (Å²) in [6, 6.07) is 6.27. The normalized spacial score (nSPS) is 12.7. The third-order valence-electron chi connectivity index (χ3n) is 4.30. The van der Waals surface area contributed by atoms with Crippen molar-refractivity contribution in [1.29, 1.82) is 0 Å². The van der Waals surface area contributed by atoms with E-state index in [4.69, 9.17) is 9.47 Å². The molecule has 2 unspecified atom stereocenters. The second kappa shape index (κ2) is 15.7. The second-order valence-electron chi connectivity index (χ2n) is 8.24. The van der Waals surface area contributed by atoms with Crippen LogP contribution in [0.3, 0.4) is 0 Å². The number of nitrogens with one attached hydrogen (secondary N) is 2. The maximum Gasteiger partial charge on any atom is 0.365 e. The number of hydrogen-bond acceptors (Lipinski definition) is 7. The molecule has 1 aromatic rings. The molecule has 9 nitrogen and oxygen atoms in total. The first kappa shape index (κ1) is 29.9. The van der Waals surface area contributed by atoms with Gasteiger partial charge < -0.3 is 25.8 Å². The SMILES string of the molecule is CC(C)OC(=O)CNC(=O)C(CSCc1ccc(Br)cc1)NC(=O)CCC([NH3+])C(=O)OC(C)C. The number of amides is 2. The maximum absolute atomic E-state index is 12.7. The quantitative estimate of drug-likeness (QED) is 0.293. The van der Waals surface area contributed by atoms with E-state index in [1.54, 1.807) is 27.7 Å². The third-order valence-corrected chi connectivity index (χ3v) is 5.93. The first-order valence-corrected chi connectivity index (χ1v) is 13.0. The molecule has 0 fully saturated rings. The average molecular weight is 562 g/mol. The molecule has 11 heteroatoms. The number of halogens is 1. The topological polar surface area (TPSA) is 138 Å². The summed E-state index contributed by atoms with van der Waals surface area (Å²) in [6.07, 6.45) is -0.348. The minimum atomic E-state index is -0.856. The molecule has 0 aliphatic carbocycles. The molecule has 0 bridgehead atoms. The molecular formula is C23H35BrN3O6S+. The molecule has 2 atom stereocenters. The highest BCUT2D eigenvalue weighted by Gasteiger charge is 2.25. The zero-order valence-corrected chi connectivity index (χ0v) is 22.5. The fourth-order valence-corrected chi connectivity index (χ4v) is 3.94. The van der Waals surface area contributed by atoms with Crippen molar-refractivity contribution in [3.8, 4) is 0 Å². The number of thioether (sulfide) groups is 1. The van der Waals surface area contributed by atoms with Crippen LogP contribution in [-0.2, 0) is 34.4 Å². The van der Waals surface area contributed by atoms with E-state index in [-0.39, 0.29) is 37.5 Å². The molecule has 5 N–H and O–H groups in total. The summed E-state index contributed by atoms with van der Waals surface area (Å²) >= 11 is 4.87. The molecule has 190 valence electrons. The number of carbonyl (C=O) groups is 4. The summed E-state index contributed by atoms with van der Waals surface area (Å²) < 4.78 is 11.1. The van der Waals surface area contributed by atoms with Crippen molar-refractivity contribution in [3.05, 3.63) is 34.3 Å². The molecule has 0 aliphatic heterocycles. The Balaban J connectivity index is 2.66. The van der Waals surface area contributed by atoms with Crippen molar-refractivity contribution in [2.24, 2.45) is 0 Å². The summed E-state index contributed by atoms with van der Waals surface area (Å²) in [7, 11) is 0. The van der Waals surface area contributed by atoms with E-state index in [1.165, 1.54) is 11.8 Å². The van der Waals surface area contributed by atoms with Crippen LogP contribution in [0.2, 0.25) is 0 Å². The molecule has 34 heavy (non-hydrogen) atoms. The van der Waals surface area contributed by atoms with Crippen LogP contribution in [0, 0.1) is 0 Å². The van der Waals surface area contributed by atoms with Gasteiger partial charge in [-0.25, -0.2) is 4.79 Å². The van der Waals surface area contributed by atoms with Gasteiger partial charge in [0, 0.05) is 28.8 Å². The van der Waals surface area contributed by atoms with E-state index >= 15 is 0 Å². The molecule has 0 spiro atoms. The smallest absolute Gasteiger partial charge is 0.365 e. The summed E-state index contributed by atoms with van der Waals surface area (Å²) in [5.74, 6) is -0.950. The number of esters is 2. The van der Waals surface area contributed by atoms with Gasteiger partial charge >= 0.3 is 11.9 Å². The van der Waals surface area contributed by atoms with Crippen molar-refractivity contribution in [2.45, 2.75) is 70.6 Å². The van der Waals surface area contributed by atoms with Gasteiger partial charge in [0.25, 0.3) is 0 Å². The van der Waals surface area contributed by atoms with Crippen molar-refractivity contribution in [3.63, 3.8) is 0 Å². The molecule has 1 aromatic carbocycles. The predicted octanol–water partition coefficient (Wildman–Crippen LogP) is 1.58. The lowest BCUT2D eigenvalue weighted by Crippen LogP contribution is -2.65. The number of hydrogen-bond donors (Lipinski definition) is 3. The van der Waals surface area contributed by atoms with Gasteiger partial charge in [0.05, 0.1) is 12.2 Å². The zero-order chi connectivity index (χ0) is 25.7. The lowest BCUT2D eigenvalue weighted by molar-refractivity contribution is -0.410. The molecule has 0 saturated heterocycles. The summed E-state index contributed by atoms with van der Waals surface area (Å²) in [5.41, 5.74) is 4.82. The third kappa shape index (κ3) is 13.0. The van der Waals surface area contributed by atoms with Crippen LogP contribution in [0.4, 0.5) is 0 Å². The van der Waals surface area contributed by atoms with Crippen molar-refractivity contribution < 1.29 is 34.4 Å². The Morgan fingerprint density at radius 3 is 2.24 bits per heavy atom. The Kier molecular flexibility index (Phi) is 13.8. The Labute approximate surface area is 213 Å². The average Bonchev–Trinajstić information content (AvgIpc) is 2.75. The lowest BCUT2D eigenvalue weighted by Gasteiger charge is -2.19. The molecule has 0 aromatic heterocycles. The van der Waals surface area contributed by atoms with E-state index in [2.05, 4.69) is 32.3 Å².